The van der Waals surface area contributed by atoms with E-state index in [0.717, 1.165) is 0 Å². The number of halogens is 1. The van der Waals surface area contributed by atoms with E-state index in [0.29, 0.717) is 61.1 Å². The molecule has 4 aliphatic rings. The third-order valence-corrected chi connectivity index (χ3v) is 9.14. The summed E-state index contributed by atoms with van der Waals surface area (Å²) in [7, 11) is 0. The number of ether oxygens (including phenoxy) is 2. The Kier molecular flexibility index (Phi) is 8.31. The average Bonchev–Trinajstić information content (AvgIpc) is 3.31. The first-order chi connectivity index (χ1) is 20.9. The monoisotopic (exact) mass is 605 g/mol. The van der Waals surface area contributed by atoms with Crippen LogP contribution in [0.25, 0.3) is 0 Å². The van der Waals surface area contributed by atoms with Gasteiger partial charge in [0.05, 0.1) is 35.3 Å². The van der Waals surface area contributed by atoms with E-state index >= 15 is 0 Å². The lowest BCUT2D eigenvalue weighted by molar-refractivity contribution is -0.140. The minimum atomic E-state index is -1.32. The Morgan fingerprint density at radius 1 is 0.953 bits per heavy atom. The molecule has 0 aromatic heterocycles. The van der Waals surface area contributed by atoms with Crippen molar-refractivity contribution in [2.24, 2.45) is 11.8 Å². The van der Waals surface area contributed by atoms with Crippen LogP contribution < -0.4 is 14.5 Å². The lowest BCUT2D eigenvalue weighted by Crippen LogP contribution is -2.55. The van der Waals surface area contributed by atoms with Gasteiger partial charge in [-0.25, -0.2) is 0 Å². The molecule has 4 aliphatic heterocycles. The van der Waals surface area contributed by atoms with E-state index in [4.69, 9.17) is 21.1 Å². The second-order valence-corrected chi connectivity index (χ2v) is 11.7. The molecule has 2 aromatic rings. The quantitative estimate of drug-likeness (QED) is 0.343. The number of rotatable bonds is 9. The third kappa shape index (κ3) is 5.03. The highest BCUT2D eigenvalue weighted by molar-refractivity contribution is 6.34. The molecule has 2 aromatic carbocycles. The molecule has 0 radical (unpaired) electrons. The van der Waals surface area contributed by atoms with Gasteiger partial charge in [-0.3, -0.25) is 14.4 Å². The maximum absolute atomic E-state index is 14.5. The first-order valence-electron chi connectivity index (χ1n) is 14.9. The third-order valence-electron chi connectivity index (χ3n) is 8.82. The zero-order chi connectivity index (χ0) is 30.1. The van der Waals surface area contributed by atoms with Crippen molar-refractivity contribution in [3.05, 3.63) is 77.9 Å². The van der Waals surface area contributed by atoms with E-state index < -0.39 is 29.6 Å². The zero-order valence-corrected chi connectivity index (χ0v) is 24.9. The number of amides is 3. The zero-order valence-electron chi connectivity index (χ0n) is 24.1. The maximum atomic E-state index is 14.5. The summed E-state index contributed by atoms with van der Waals surface area (Å²) in [5, 5.41) is 9.73. The number of carbonyl (C=O) groups excluding carboxylic acids is 3. The molecule has 2 fully saturated rings. The Bertz CT molecular complexity index is 1440. The van der Waals surface area contributed by atoms with E-state index in [1.165, 1.54) is 0 Å². The van der Waals surface area contributed by atoms with Gasteiger partial charge in [-0.2, -0.15) is 0 Å². The molecule has 9 nitrogen and oxygen atoms in total. The van der Waals surface area contributed by atoms with Gasteiger partial charge in [0, 0.05) is 31.9 Å². The minimum Gasteiger partial charge on any atom is -0.494 e. The van der Waals surface area contributed by atoms with Crippen molar-refractivity contribution in [3.63, 3.8) is 0 Å². The fraction of sp³-hybridized carbons (Fsp3) is 0.424. The highest BCUT2D eigenvalue weighted by atomic mass is 35.5. The Hall–Kier alpha value is -3.66. The van der Waals surface area contributed by atoms with E-state index in [-0.39, 0.29) is 30.9 Å². The molecule has 0 aliphatic carbocycles. The number of nitrogens with zero attached hydrogens (tertiary/aromatic N) is 3. The molecular weight excluding hydrogens is 570 g/mol. The number of para-hydroxylation sites is 1. The summed E-state index contributed by atoms with van der Waals surface area (Å²) in [5.74, 6) is -1.77. The van der Waals surface area contributed by atoms with E-state index in [1.807, 2.05) is 61.6 Å². The van der Waals surface area contributed by atoms with Crippen LogP contribution in [0.3, 0.4) is 0 Å². The number of unbranched alkanes of at least 4 members (excludes halogenated alkanes) is 2. The van der Waals surface area contributed by atoms with Gasteiger partial charge in [0.15, 0.2) is 0 Å². The SMILES string of the molecule is CCOc1ccc(N2CC=C[C@@H]3O[C@]45C=CCN(c6ccccc6Cl)C(=O)C4N(CCCCCO)C(=O)[C@@H]5[C@@H]3C2=O)cc1. The van der Waals surface area contributed by atoms with Crippen LogP contribution in [0.1, 0.15) is 26.2 Å². The molecule has 3 amide bonds. The summed E-state index contributed by atoms with van der Waals surface area (Å²) in [6.07, 6.45) is 8.66. The lowest BCUT2D eigenvalue weighted by Gasteiger charge is -2.35. The second-order valence-electron chi connectivity index (χ2n) is 11.3. The second kappa shape index (κ2) is 12.1. The Morgan fingerprint density at radius 3 is 2.47 bits per heavy atom. The van der Waals surface area contributed by atoms with Crippen LogP contribution in [-0.2, 0) is 19.1 Å². The normalized spacial score (nSPS) is 28.1. The molecular formula is C33H36ClN3O6. The smallest absolute Gasteiger partial charge is 0.253 e. The summed E-state index contributed by atoms with van der Waals surface area (Å²) in [5.41, 5.74) is -0.0741. The molecule has 1 spiro atoms. The standard InChI is InChI=1S/C33H36ClN3O6/c1-2-42-23-15-13-22(14-16-23)35-19-8-12-26-27(30(35)39)28-31(40)37(18-6-3-7-21-38)29-32(41)36(20-9-17-33(28,29)43-26)25-11-5-4-10-24(25)34/h4-5,8-17,26-29,38H,2-3,6-7,18-21H2,1H3/t26-,27+,28-,29?,33-/m0/s1. The van der Waals surface area contributed by atoms with Crippen molar-refractivity contribution >= 4 is 40.7 Å². The topological polar surface area (TPSA) is 99.6 Å². The highest BCUT2D eigenvalue weighted by Gasteiger charge is 2.71. The van der Waals surface area contributed by atoms with E-state index in [2.05, 4.69) is 0 Å². The van der Waals surface area contributed by atoms with Crippen molar-refractivity contribution in [2.45, 2.75) is 43.9 Å². The van der Waals surface area contributed by atoms with Crippen molar-refractivity contribution < 1.29 is 29.0 Å². The number of anilines is 2. The molecule has 226 valence electrons. The van der Waals surface area contributed by atoms with Crippen molar-refractivity contribution in [1.82, 2.24) is 4.90 Å². The molecule has 1 unspecified atom stereocenters. The molecule has 5 atom stereocenters. The van der Waals surface area contributed by atoms with Crippen LogP contribution in [-0.4, -0.2) is 78.3 Å². The summed E-state index contributed by atoms with van der Waals surface area (Å²) < 4.78 is 12.3. The van der Waals surface area contributed by atoms with Crippen molar-refractivity contribution in [2.75, 3.05) is 42.6 Å². The number of hydrogen-bond acceptors (Lipinski definition) is 6. The van der Waals surface area contributed by atoms with Crippen molar-refractivity contribution in [1.29, 1.82) is 0 Å². The number of aliphatic hydroxyl groups is 1. The van der Waals surface area contributed by atoms with E-state index in [1.54, 1.807) is 32.9 Å². The number of hydrogen-bond donors (Lipinski definition) is 1. The molecule has 4 heterocycles. The van der Waals surface area contributed by atoms with Crippen LogP contribution in [0.15, 0.2) is 72.8 Å². The Morgan fingerprint density at radius 2 is 1.72 bits per heavy atom. The van der Waals surface area contributed by atoms with Gasteiger partial charge < -0.3 is 29.3 Å². The lowest BCUT2D eigenvalue weighted by atomic mass is 9.77. The van der Waals surface area contributed by atoms with Crippen LogP contribution in [0.4, 0.5) is 11.4 Å². The summed E-state index contributed by atoms with van der Waals surface area (Å²) in [4.78, 5) is 48.1. The van der Waals surface area contributed by atoms with Crippen LogP contribution in [0.5, 0.6) is 5.75 Å². The summed E-state index contributed by atoms with van der Waals surface area (Å²) in [6, 6.07) is 13.5. The van der Waals surface area contributed by atoms with Gasteiger partial charge in [0.1, 0.15) is 17.4 Å². The molecule has 43 heavy (non-hydrogen) atoms. The molecule has 1 N–H and O–H groups in total. The Balaban J connectivity index is 1.38. The van der Waals surface area contributed by atoms with Gasteiger partial charge in [-0.05, 0) is 62.6 Å². The number of carbonyl (C=O) groups is 3. The molecule has 0 saturated carbocycles. The minimum absolute atomic E-state index is 0.0565. The molecule has 0 bridgehead atoms. The number of benzene rings is 2. The fourth-order valence-corrected chi connectivity index (χ4v) is 7.19. The average molecular weight is 606 g/mol. The van der Waals surface area contributed by atoms with Crippen molar-refractivity contribution in [3.8, 4) is 5.75 Å². The molecule has 2 saturated heterocycles. The van der Waals surface area contributed by atoms with Gasteiger partial charge in [-0.15, -0.1) is 0 Å². The van der Waals surface area contributed by atoms with Gasteiger partial charge in [0.25, 0.3) is 5.91 Å². The summed E-state index contributed by atoms with van der Waals surface area (Å²) >= 11 is 6.53. The van der Waals surface area contributed by atoms with Crippen LogP contribution in [0.2, 0.25) is 5.02 Å². The van der Waals surface area contributed by atoms with Crippen LogP contribution >= 0.6 is 11.6 Å². The number of likely N-dealkylation sites (tertiary alicyclic amines) is 1. The fourth-order valence-electron chi connectivity index (χ4n) is 6.96. The van der Waals surface area contributed by atoms with Gasteiger partial charge >= 0.3 is 0 Å². The van der Waals surface area contributed by atoms with E-state index in [9.17, 15) is 19.5 Å². The Labute approximate surface area is 256 Å². The predicted octanol–water partition coefficient (Wildman–Crippen LogP) is 3.99. The summed E-state index contributed by atoms with van der Waals surface area (Å²) in [6.45, 7) is 3.40. The first kappa shape index (κ1) is 29.4. The molecule has 6 rings (SSSR count). The van der Waals surface area contributed by atoms with Gasteiger partial charge in [-0.1, -0.05) is 48.0 Å². The van der Waals surface area contributed by atoms with Gasteiger partial charge in [0.2, 0.25) is 11.8 Å². The first-order valence-corrected chi connectivity index (χ1v) is 15.3. The number of fused-ring (bicyclic) bond motifs is 2. The number of aliphatic hydroxyl groups excluding tert-OH is 1. The maximum Gasteiger partial charge on any atom is 0.253 e. The largest absolute Gasteiger partial charge is 0.494 e. The van der Waals surface area contributed by atoms with Crippen LogP contribution in [0, 0.1) is 11.8 Å². The molecule has 10 heteroatoms. The highest BCUT2D eigenvalue weighted by Crippen LogP contribution is 2.54. The predicted molar refractivity (Wildman–Crippen MR) is 163 cm³/mol.